The molecule has 1 aliphatic heterocycles. The van der Waals surface area contributed by atoms with Gasteiger partial charge in [-0.15, -0.1) is 10.2 Å². The molecular formula is C14H12Cl2N4O. The first kappa shape index (κ1) is 14.1. The van der Waals surface area contributed by atoms with E-state index in [4.69, 9.17) is 28.9 Å². The van der Waals surface area contributed by atoms with Gasteiger partial charge in [-0.3, -0.25) is 4.79 Å². The topological polar surface area (TPSA) is 72.1 Å². The van der Waals surface area contributed by atoms with Crippen LogP contribution in [0.3, 0.4) is 0 Å². The van der Waals surface area contributed by atoms with E-state index in [2.05, 4.69) is 15.1 Å². The van der Waals surface area contributed by atoms with Crippen molar-refractivity contribution in [1.82, 2.24) is 10.2 Å². The largest absolute Gasteiger partial charge is 0.364 e. The van der Waals surface area contributed by atoms with Crippen LogP contribution in [-0.4, -0.2) is 22.6 Å². The summed E-state index contributed by atoms with van der Waals surface area (Å²) >= 11 is 12.3. The molecule has 3 rings (SSSR count). The summed E-state index contributed by atoms with van der Waals surface area (Å²) in [4.78, 5) is 13.1. The Labute approximate surface area is 131 Å². The zero-order chi connectivity index (χ0) is 15.0. The number of nitrogens with zero attached hydrogens (tertiary/aromatic N) is 3. The summed E-state index contributed by atoms with van der Waals surface area (Å²) in [6.45, 7) is 1.43. The normalized spacial score (nSPS) is 13.9. The minimum absolute atomic E-state index is 0.155. The highest BCUT2D eigenvalue weighted by Gasteiger charge is 2.20. The summed E-state index contributed by atoms with van der Waals surface area (Å²) in [7, 11) is 0. The number of anilines is 1. The quantitative estimate of drug-likeness (QED) is 0.921. The van der Waals surface area contributed by atoms with Crippen LogP contribution in [0, 0.1) is 0 Å². The summed E-state index contributed by atoms with van der Waals surface area (Å²) in [5.41, 5.74) is 7.52. The molecule has 0 unspecified atom stereocenters. The molecule has 1 amide bonds. The summed E-state index contributed by atoms with van der Waals surface area (Å²) < 4.78 is 0. The monoisotopic (exact) mass is 322 g/mol. The van der Waals surface area contributed by atoms with E-state index in [-0.39, 0.29) is 5.69 Å². The number of nitrogens with two attached hydrogens (primary N) is 1. The van der Waals surface area contributed by atoms with E-state index >= 15 is 0 Å². The fraction of sp³-hybridized carbons (Fsp3) is 0.214. The molecule has 0 aliphatic carbocycles. The Morgan fingerprint density at radius 1 is 1.24 bits per heavy atom. The Bertz CT molecular complexity index is 703. The van der Waals surface area contributed by atoms with Crippen molar-refractivity contribution in [1.29, 1.82) is 0 Å². The first-order chi connectivity index (χ1) is 10.0. The molecule has 0 spiro atoms. The van der Waals surface area contributed by atoms with Crippen molar-refractivity contribution in [3.8, 4) is 0 Å². The van der Waals surface area contributed by atoms with Gasteiger partial charge in [0, 0.05) is 23.1 Å². The van der Waals surface area contributed by atoms with Gasteiger partial charge in [-0.05, 0) is 41.8 Å². The van der Waals surface area contributed by atoms with Crippen LogP contribution in [0.5, 0.6) is 0 Å². The van der Waals surface area contributed by atoms with E-state index in [0.29, 0.717) is 22.4 Å². The number of rotatable bonds is 2. The first-order valence-electron chi connectivity index (χ1n) is 6.40. The smallest absolute Gasteiger partial charge is 0.269 e. The molecule has 21 heavy (non-hydrogen) atoms. The van der Waals surface area contributed by atoms with Crippen molar-refractivity contribution >= 4 is 34.9 Å². The van der Waals surface area contributed by atoms with E-state index in [0.717, 1.165) is 24.1 Å². The molecule has 0 saturated carbocycles. The third kappa shape index (κ3) is 2.80. The third-order valence-electron chi connectivity index (χ3n) is 3.47. The van der Waals surface area contributed by atoms with Crippen molar-refractivity contribution in [2.45, 2.75) is 13.0 Å². The van der Waals surface area contributed by atoms with Gasteiger partial charge in [0.15, 0.2) is 11.5 Å². The standard InChI is InChI=1S/C14H12Cl2N4O/c15-9-5-8-7-20(4-3-10(8)11(16)6-9)13-2-1-12(14(17)21)18-19-13/h1-2,5-6H,3-4,7H2,(H2,17,21). The number of carbonyl (C=O) groups is 1. The molecule has 7 heteroatoms. The van der Waals surface area contributed by atoms with Gasteiger partial charge in [0.2, 0.25) is 0 Å². The van der Waals surface area contributed by atoms with Crippen molar-refractivity contribution in [2.75, 3.05) is 11.4 Å². The van der Waals surface area contributed by atoms with Gasteiger partial charge in [0.1, 0.15) is 0 Å². The number of benzene rings is 1. The lowest BCUT2D eigenvalue weighted by molar-refractivity contribution is 0.0994. The second-order valence-corrected chi connectivity index (χ2v) is 5.68. The first-order valence-corrected chi connectivity index (χ1v) is 7.15. The minimum atomic E-state index is -0.586. The third-order valence-corrected chi connectivity index (χ3v) is 4.03. The zero-order valence-electron chi connectivity index (χ0n) is 11.0. The van der Waals surface area contributed by atoms with Gasteiger partial charge >= 0.3 is 0 Å². The molecule has 2 N–H and O–H groups in total. The summed E-state index contributed by atoms with van der Waals surface area (Å²) in [5, 5.41) is 9.20. The lowest BCUT2D eigenvalue weighted by Gasteiger charge is -2.30. The number of fused-ring (bicyclic) bond motifs is 1. The van der Waals surface area contributed by atoms with Crippen molar-refractivity contribution < 1.29 is 4.79 Å². The molecule has 5 nitrogen and oxygen atoms in total. The van der Waals surface area contributed by atoms with Crippen LogP contribution in [0.15, 0.2) is 24.3 Å². The molecule has 108 valence electrons. The molecule has 0 saturated heterocycles. The predicted octanol–water partition coefficient (Wildman–Crippen LogP) is 2.45. The minimum Gasteiger partial charge on any atom is -0.364 e. The van der Waals surface area contributed by atoms with Crippen LogP contribution in [0.2, 0.25) is 10.0 Å². The van der Waals surface area contributed by atoms with Crippen LogP contribution in [0.25, 0.3) is 0 Å². The number of aromatic nitrogens is 2. The summed E-state index contributed by atoms with van der Waals surface area (Å²) in [6.07, 6.45) is 0.810. The second kappa shape index (κ2) is 5.50. The summed E-state index contributed by atoms with van der Waals surface area (Å²) in [6, 6.07) is 6.99. The molecule has 2 aromatic rings. The molecule has 0 fully saturated rings. The molecule has 0 atom stereocenters. The van der Waals surface area contributed by atoms with Gasteiger partial charge in [-0.25, -0.2) is 0 Å². The van der Waals surface area contributed by atoms with Crippen LogP contribution in [0.1, 0.15) is 21.6 Å². The number of primary amides is 1. The number of hydrogen-bond donors (Lipinski definition) is 1. The van der Waals surface area contributed by atoms with Gasteiger partial charge in [0.25, 0.3) is 5.91 Å². The molecule has 1 aromatic heterocycles. The van der Waals surface area contributed by atoms with Crippen molar-refractivity contribution in [3.05, 3.63) is 51.1 Å². The Morgan fingerprint density at radius 3 is 2.71 bits per heavy atom. The SMILES string of the molecule is NC(=O)c1ccc(N2CCc3c(Cl)cc(Cl)cc3C2)nn1. The van der Waals surface area contributed by atoms with Crippen LogP contribution in [0.4, 0.5) is 5.82 Å². The van der Waals surface area contributed by atoms with Gasteiger partial charge in [-0.1, -0.05) is 23.2 Å². The maximum Gasteiger partial charge on any atom is 0.269 e. The molecule has 1 aromatic carbocycles. The maximum absolute atomic E-state index is 11.0. The fourth-order valence-electron chi connectivity index (χ4n) is 2.43. The van der Waals surface area contributed by atoms with E-state index in [1.807, 2.05) is 6.07 Å². The molecule has 0 bridgehead atoms. The zero-order valence-corrected chi connectivity index (χ0v) is 12.5. The van der Waals surface area contributed by atoms with Gasteiger partial charge in [-0.2, -0.15) is 0 Å². The highest BCUT2D eigenvalue weighted by molar-refractivity contribution is 6.35. The molecule has 0 radical (unpaired) electrons. The van der Waals surface area contributed by atoms with E-state index in [9.17, 15) is 4.79 Å². The lowest BCUT2D eigenvalue weighted by atomic mass is 10.00. The van der Waals surface area contributed by atoms with E-state index in [1.54, 1.807) is 18.2 Å². The number of amides is 1. The number of halogens is 2. The van der Waals surface area contributed by atoms with Crippen molar-refractivity contribution in [3.63, 3.8) is 0 Å². The van der Waals surface area contributed by atoms with Gasteiger partial charge in [0.05, 0.1) is 0 Å². The Balaban J connectivity index is 1.87. The Morgan fingerprint density at radius 2 is 2.05 bits per heavy atom. The lowest BCUT2D eigenvalue weighted by Crippen LogP contribution is -2.31. The second-order valence-electron chi connectivity index (χ2n) is 4.84. The average Bonchev–Trinajstić information content (AvgIpc) is 2.46. The predicted molar refractivity (Wildman–Crippen MR) is 81.8 cm³/mol. The highest BCUT2D eigenvalue weighted by Crippen LogP contribution is 2.31. The number of carbonyl (C=O) groups excluding carboxylic acids is 1. The van der Waals surface area contributed by atoms with Gasteiger partial charge < -0.3 is 10.6 Å². The van der Waals surface area contributed by atoms with E-state index in [1.165, 1.54) is 0 Å². The fourth-order valence-corrected chi connectivity index (χ4v) is 3.06. The molecule has 2 heterocycles. The van der Waals surface area contributed by atoms with Crippen molar-refractivity contribution in [2.24, 2.45) is 5.73 Å². The Kier molecular flexibility index (Phi) is 3.69. The van der Waals surface area contributed by atoms with E-state index < -0.39 is 5.91 Å². The van der Waals surface area contributed by atoms with Crippen LogP contribution < -0.4 is 10.6 Å². The number of hydrogen-bond acceptors (Lipinski definition) is 4. The average molecular weight is 323 g/mol. The van der Waals surface area contributed by atoms with Crippen LogP contribution in [-0.2, 0) is 13.0 Å². The molecule has 1 aliphatic rings. The van der Waals surface area contributed by atoms with Crippen LogP contribution >= 0.6 is 23.2 Å². The highest BCUT2D eigenvalue weighted by atomic mass is 35.5. The maximum atomic E-state index is 11.0. The summed E-state index contributed by atoms with van der Waals surface area (Å²) in [5.74, 6) is 0.110. The molecular weight excluding hydrogens is 311 g/mol. The Hall–Kier alpha value is -1.85.